The summed E-state index contributed by atoms with van der Waals surface area (Å²) in [6, 6.07) is 0. The lowest BCUT2D eigenvalue weighted by Crippen LogP contribution is -2.04. The highest BCUT2D eigenvalue weighted by molar-refractivity contribution is 5.26. The predicted octanol–water partition coefficient (Wildman–Crippen LogP) is 1.72. The van der Waals surface area contributed by atoms with Crippen molar-refractivity contribution >= 4 is 5.82 Å². The van der Waals surface area contributed by atoms with Crippen molar-refractivity contribution in [2.24, 2.45) is 0 Å². The van der Waals surface area contributed by atoms with Crippen LogP contribution in [-0.4, -0.2) is 9.91 Å². The molecule has 1 aromatic heterocycles. The second kappa shape index (κ2) is 3.00. The third-order valence-corrected chi connectivity index (χ3v) is 1.35. The zero-order chi connectivity index (χ0) is 10.2. The highest BCUT2D eigenvalue weighted by Crippen LogP contribution is 2.20. The van der Waals surface area contributed by atoms with Crippen molar-refractivity contribution in [3.05, 3.63) is 33.3 Å². The first-order chi connectivity index (χ1) is 5.95. The van der Waals surface area contributed by atoms with Gasteiger partial charge in [0, 0.05) is 6.92 Å². The second-order valence-electron chi connectivity index (χ2n) is 2.22. The number of aryl methyl sites for hydroxylation is 1. The molecule has 0 aliphatic rings. The van der Waals surface area contributed by atoms with Crippen molar-refractivity contribution in [2.75, 3.05) is 0 Å². The van der Waals surface area contributed by atoms with Gasteiger partial charge in [0.05, 0.1) is 0 Å². The van der Waals surface area contributed by atoms with Gasteiger partial charge in [0.25, 0.3) is 5.82 Å². The molecule has 0 unspecified atom stereocenters. The minimum atomic E-state index is -1.88. The highest BCUT2D eigenvalue weighted by Gasteiger charge is 2.26. The number of pyridine rings is 1. The summed E-state index contributed by atoms with van der Waals surface area (Å²) >= 11 is 0. The van der Waals surface area contributed by atoms with Crippen LogP contribution in [0.15, 0.2) is 0 Å². The van der Waals surface area contributed by atoms with E-state index < -0.39 is 33.9 Å². The Balaban J connectivity index is 3.50. The first-order valence-corrected chi connectivity index (χ1v) is 3.10. The molecule has 1 rings (SSSR count). The molecule has 13 heavy (non-hydrogen) atoms. The smallest absolute Gasteiger partial charge is 0.358 e. The average molecular weight is 192 g/mol. The van der Waals surface area contributed by atoms with Gasteiger partial charge in [-0.3, -0.25) is 0 Å². The minimum Gasteiger partial charge on any atom is -0.358 e. The molecule has 0 spiro atoms. The summed E-state index contributed by atoms with van der Waals surface area (Å²) in [6.45, 7) is 1.00. The van der Waals surface area contributed by atoms with Crippen molar-refractivity contribution < 1.29 is 18.1 Å². The quantitative estimate of drug-likeness (QED) is 0.502. The van der Waals surface area contributed by atoms with Crippen LogP contribution < -0.4 is 0 Å². The second-order valence-corrected chi connectivity index (χ2v) is 2.22. The largest absolute Gasteiger partial charge is 0.403 e. The van der Waals surface area contributed by atoms with Gasteiger partial charge < -0.3 is 10.1 Å². The number of rotatable bonds is 1. The van der Waals surface area contributed by atoms with Crippen LogP contribution in [0.2, 0.25) is 0 Å². The molecule has 0 aliphatic carbocycles. The Hall–Kier alpha value is -1.66. The van der Waals surface area contributed by atoms with E-state index in [1.807, 2.05) is 0 Å². The van der Waals surface area contributed by atoms with Crippen molar-refractivity contribution in [2.45, 2.75) is 6.92 Å². The Bertz CT molecular complexity index is 381. The molecule has 7 heteroatoms. The van der Waals surface area contributed by atoms with Crippen LogP contribution in [0.25, 0.3) is 0 Å². The molecule has 0 bridgehead atoms. The molecule has 1 aromatic rings. The summed E-state index contributed by atoms with van der Waals surface area (Å²) in [5, 5.41) is 10.1. The molecule has 70 valence electrons. The van der Waals surface area contributed by atoms with Gasteiger partial charge in [-0.2, -0.15) is 13.2 Å². The molecule has 0 radical (unpaired) electrons. The van der Waals surface area contributed by atoms with Crippen molar-refractivity contribution in [3.63, 3.8) is 0 Å². The fourth-order valence-electron chi connectivity index (χ4n) is 0.731. The van der Waals surface area contributed by atoms with Crippen LogP contribution in [0.3, 0.4) is 0 Å². The molecule has 0 aromatic carbocycles. The maximum atomic E-state index is 12.6. The fourth-order valence-corrected chi connectivity index (χ4v) is 0.731. The van der Waals surface area contributed by atoms with Gasteiger partial charge in [0.1, 0.15) is 0 Å². The molecule has 0 N–H and O–H groups in total. The van der Waals surface area contributed by atoms with Gasteiger partial charge in [-0.05, 0) is 9.91 Å². The van der Waals surface area contributed by atoms with Gasteiger partial charge in [0.2, 0.25) is 11.6 Å². The van der Waals surface area contributed by atoms with Crippen molar-refractivity contribution in [1.82, 2.24) is 4.98 Å². The number of hydrogen-bond acceptors (Lipinski definition) is 3. The molecule has 1 heterocycles. The molecular weight excluding hydrogens is 189 g/mol. The number of nitrogens with zero attached hydrogens (tertiary/aromatic N) is 2. The van der Waals surface area contributed by atoms with E-state index in [1.54, 1.807) is 0 Å². The molecule has 0 aliphatic heterocycles. The maximum Gasteiger partial charge on any atom is 0.403 e. The van der Waals surface area contributed by atoms with Gasteiger partial charge in [-0.15, -0.1) is 0 Å². The Morgan fingerprint density at radius 2 is 1.77 bits per heavy atom. The summed E-state index contributed by atoms with van der Waals surface area (Å²) in [6.07, 6.45) is 0. The van der Waals surface area contributed by atoms with E-state index >= 15 is 0 Å². The fraction of sp³-hybridized carbons (Fsp3) is 0.167. The third-order valence-electron chi connectivity index (χ3n) is 1.35. The summed E-state index contributed by atoms with van der Waals surface area (Å²) in [5.41, 5.74) is -0.550. The molecular formula is C6H3F3N2O2. The van der Waals surface area contributed by atoms with E-state index in [0.717, 1.165) is 6.92 Å². The van der Waals surface area contributed by atoms with Crippen LogP contribution >= 0.6 is 0 Å². The van der Waals surface area contributed by atoms with Gasteiger partial charge in [0.15, 0.2) is 5.69 Å². The van der Waals surface area contributed by atoms with Crippen LogP contribution in [0, 0.1) is 34.5 Å². The number of nitro groups is 1. The lowest BCUT2D eigenvalue weighted by molar-refractivity contribution is -0.392. The van der Waals surface area contributed by atoms with Crippen LogP contribution in [0.4, 0.5) is 19.0 Å². The van der Waals surface area contributed by atoms with Gasteiger partial charge >= 0.3 is 5.82 Å². The Kier molecular flexibility index (Phi) is 2.18. The average Bonchev–Trinajstić information content (AvgIpc) is 2.07. The van der Waals surface area contributed by atoms with Crippen LogP contribution in [0.1, 0.15) is 5.69 Å². The van der Waals surface area contributed by atoms with Gasteiger partial charge in [-0.25, -0.2) is 0 Å². The number of halogens is 3. The third kappa shape index (κ3) is 1.44. The summed E-state index contributed by atoms with van der Waals surface area (Å²) in [4.78, 5) is 11.8. The standard InChI is InChI=1S/C6H3F3N2O2/c1-2-3(7)4(8)5(9)6(10-2)11(12)13/h1H3. The lowest BCUT2D eigenvalue weighted by atomic mass is 10.3. The molecule has 4 nitrogen and oxygen atoms in total. The number of hydrogen-bond donors (Lipinski definition) is 0. The van der Waals surface area contributed by atoms with Crippen molar-refractivity contribution in [1.29, 1.82) is 0 Å². The van der Waals surface area contributed by atoms with E-state index in [9.17, 15) is 23.3 Å². The minimum absolute atomic E-state index is 0.550. The van der Waals surface area contributed by atoms with E-state index in [4.69, 9.17) is 0 Å². The highest BCUT2D eigenvalue weighted by atomic mass is 19.2. The van der Waals surface area contributed by atoms with Crippen LogP contribution in [-0.2, 0) is 0 Å². The van der Waals surface area contributed by atoms with Gasteiger partial charge in [-0.1, -0.05) is 0 Å². The van der Waals surface area contributed by atoms with E-state index in [0.29, 0.717) is 0 Å². The molecule has 0 atom stereocenters. The van der Waals surface area contributed by atoms with E-state index in [-0.39, 0.29) is 0 Å². The summed E-state index contributed by atoms with van der Waals surface area (Å²) < 4.78 is 37.6. The monoisotopic (exact) mass is 192 g/mol. The summed E-state index contributed by atoms with van der Waals surface area (Å²) in [7, 11) is 0. The normalized spacial score (nSPS) is 10.2. The SMILES string of the molecule is Cc1nc([N+](=O)[O-])c(F)c(F)c1F. The first-order valence-electron chi connectivity index (χ1n) is 3.10. The summed E-state index contributed by atoms with van der Waals surface area (Å²) in [5.74, 6) is -6.58. The zero-order valence-electron chi connectivity index (χ0n) is 6.34. The Morgan fingerprint density at radius 3 is 2.23 bits per heavy atom. The lowest BCUT2D eigenvalue weighted by Gasteiger charge is -1.97. The Labute approximate surface area is 70.2 Å². The Morgan fingerprint density at radius 1 is 1.23 bits per heavy atom. The van der Waals surface area contributed by atoms with Crippen LogP contribution in [0.5, 0.6) is 0 Å². The number of aromatic nitrogens is 1. The van der Waals surface area contributed by atoms with Crippen molar-refractivity contribution in [3.8, 4) is 0 Å². The molecule has 0 saturated heterocycles. The van der Waals surface area contributed by atoms with E-state index in [2.05, 4.69) is 4.98 Å². The molecule has 0 fully saturated rings. The predicted molar refractivity (Wildman–Crippen MR) is 35.5 cm³/mol. The van der Waals surface area contributed by atoms with E-state index in [1.165, 1.54) is 0 Å². The zero-order valence-corrected chi connectivity index (χ0v) is 6.34. The maximum absolute atomic E-state index is 12.6. The first kappa shape index (κ1) is 9.43. The topological polar surface area (TPSA) is 56.0 Å². The molecule has 0 saturated carbocycles. The molecule has 0 amide bonds.